The Labute approximate surface area is 137 Å². The van der Waals surface area contributed by atoms with Crippen molar-refractivity contribution in [2.24, 2.45) is 10.7 Å². The molecule has 0 spiro atoms. The maximum atomic E-state index is 5.96. The number of ether oxygens (including phenoxy) is 1. The number of nitrogens with zero attached hydrogens (tertiary/aromatic N) is 2. The van der Waals surface area contributed by atoms with E-state index in [0.29, 0.717) is 12.5 Å². The van der Waals surface area contributed by atoms with Crippen molar-refractivity contribution in [3.8, 4) is 5.75 Å². The SMILES string of the molecule is COc1cccc(NC(N)=NCc2ccc(N(C)C)cc2C)c1. The van der Waals surface area contributed by atoms with E-state index in [0.717, 1.165) is 17.0 Å². The molecule has 2 aromatic carbocycles. The molecular formula is C18H24N4O. The van der Waals surface area contributed by atoms with Gasteiger partial charge in [0.2, 0.25) is 0 Å². The number of benzene rings is 2. The molecule has 0 unspecified atom stereocenters. The first-order chi connectivity index (χ1) is 11.0. The van der Waals surface area contributed by atoms with Gasteiger partial charge in [0, 0.05) is 31.5 Å². The number of nitrogens with one attached hydrogen (secondary N) is 1. The van der Waals surface area contributed by atoms with E-state index in [1.165, 1.54) is 11.3 Å². The highest BCUT2D eigenvalue weighted by Crippen LogP contribution is 2.19. The Morgan fingerprint density at radius 1 is 1.22 bits per heavy atom. The molecular weight excluding hydrogens is 288 g/mol. The van der Waals surface area contributed by atoms with E-state index >= 15 is 0 Å². The van der Waals surface area contributed by atoms with E-state index in [1.54, 1.807) is 7.11 Å². The number of aryl methyl sites for hydroxylation is 1. The van der Waals surface area contributed by atoms with Crippen LogP contribution in [0, 0.1) is 6.92 Å². The van der Waals surface area contributed by atoms with E-state index < -0.39 is 0 Å². The van der Waals surface area contributed by atoms with E-state index in [4.69, 9.17) is 10.5 Å². The molecule has 0 aromatic heterocycles. The van der Waals surface area contributed by atoms with Gasteiger partial charge < -0.3 is 20.7 Å². The molecule has 0 aliphatic rings. The van der Waals surface area contributed by atoms with E-state index in [2.05, 4.69) is 40.3 Å². The number of anilines is 2. The summed E-state index contributed by atoms with van der Waals surface area (Å²) in [6.45, 7) is 2.63. The molecule has 0 radical (unpaired) electrons. The average molecular weight is 312 g/mol. The number of guanidine groups is 1. The normalized spacial score (nSPS) is 11.2. The summed E-state index contributed by atoms with van der Waals surface area (Å²) in [5, 5.41) is 3.08. The molecule has 0 saturated heterocycles. The monoisotopic (exact) mass is 312 g/mol. The molecule has 0 aliphatic carbocycles. The van der Waals surface area contributed by atoms with Crippen molar-refractivity contribution in [3.05, 3.63) is 53.6 Å². The Hall–Kier alpha value is -2.69. The molecule has 122 valence electrons. The Morgan fingerprint density at radius 3 is 2.65 bits per heavy atom. The Kier molecular flexibility index (Phi) is 5.46. The maximum Gasteiger partial charge on any atom is 0.193 e. The van der Waals surface area contributed by atoms with E-state index in [9.17, 15) is 0 Å². The van der Waals surface area contributed by atoms with E-state index in [1.807, 2.05) is 38.4 Å². The van der Waals surface area contributed by atoms with Gasteiger partial charge in [-0.3, -0.25) is 0 Å². The lowest BCUT2D eigenvalue weighted by atomic mass is 10.1. The molecule has 0 heterocycles. The summed E-state index contributed by atoms with van der Waals surface area (Å²) in [6.07, 6.45) is 0. The highest BCUT2D eigenvalue weighted by molar-refractivity contribution is 5.92. The van der Waals surface area contributed by atoms with E-state index in [-0.39, 0.29) is 0 Å². The van der Waals surface area contributed by atoms with Gasteiger partial charge in [0.25, 0.3) is 0 Å². The Morgan fingerprint density at radius 2 is 2.00 bits per heavy atom. The van der Waals surface area contributed by atoms with Crippen LogP contribution in [0.4, 0.5) is 11.4 Å². The van der Waals surface area contributed by atoms with Crippen LogP contribution >= 0.6 is 0 Å². The van der Waals surface area contributed by atoms with Crippen molar-refractivity contribution in [2.75, 3.05) is 31.4 Å². The minimum atomic E-state index is 0.384. The summed E-state index contributed by atoms with van der Waals surface area (Å²) in [4.78, 5) is 6.49. The number of hydrogen-bond donors (Lipinski definition) is 2. The molecule has 0 bridgehead atoms. The Balaban J connectivity index is 2.04. The first kappa shape index (κ1) is 16.7. The van der Waals surface area contributed by atoms with Crippen molar-refractivity contribution in [3.63, 3.8) is 0 Å². The molecule has 0 fully saturated rings. The third-order valence-corrected chi connectivity index (χ3v) is 3.60. The number of hydrogen-bond acceptors (Lipinski definition) is 3. The summed E-state index contributed by atoms with van der Waals surface area (Å²) in [5.41, 5.74) is 10.4. The lowest BCUT2D eigenvalue weighted by Crippen LogP contribution is -2.22. The van der Waals surface area contributed by atoms with Gasteiger partial charge in [-0.15, -0.1) is 0 Å². The van der Waals surface area contributed by atoms with Crippen molar-refractivity contribution in [1.82, 2.24) is 0 Å². The van der Waals surface area contributed by atoms with Crippen LogP contribution in [0.15, 0.2) is 47.5 Å². The molecule has 5 heteroatoms. The van der Waals surface area contributed by atoms with Crippen LogP contribution < -0.4 is 20.7 Å². The molecule has 3 N–H and O–H groups in total. The topological polar surface area (TPSA) is 62.9 Å². The van der Waals surface area contributed by atoms with Gasteiger partial charge in [-0.1, -0.05) is 12.1 Å². The summed E-state index contributed by atoms with van der Waals surface area (Å²) in [7, 11) is 5.70. The summed E-state index contributed by atoms with van der Waals surface area (Å²) in [6, 6.07) is 13.9. The van der Waals surface area contributed by atoms with Crippen LogP contribution in [0.1, 0.15) is 11.1 Å². The molecule has 0 saturated carbocycles. The minimum absolute atomic E-state index is 0.384. The predicted octanol–water partition coefficient (Wildman–Crippen LogP) is 3.00. The van der Waals surface area contributed by atoms with Gasteiger partial charge in [-0.25, -0.2) is 4.99 Å². The number of methoxy groups -OCH3 is 1. The quantitative estimate of drug-likeness (QED) is 0.658. The van der Waals surface area contributed by atoms with Crippen LogP contribution in [0.2, 0.25) is 0 Å². The fourth-order valence-corrected chi connectivity index (χ4v) is 2.19. The molecule has 0 amide bonds. The zero-order valence-corrected chi connectivity index (χ0v) is 14.1. The molecule has 0 aliphatic heterocycles. The standard InChI is InChI=1S/C18H24N4O/c1-13-10-16(22(2)3)9-8-14(13)12-20-18(19)21-15-6-5-7-17(11-15)23-4/h5-11H,12H2,1-4H3,(H3,19,20,21). The third kappa shape index (κ3) is 4.64. The molecule has 2 aromatic rings. The van der Waals surface area contributed by atoms with Crippen molar-refractivity contribution >= 4 is 17.3 Å². The van der Waals surface area contributed by atoms with Gasteiger partial charge in [0.15, 0.2) is 5.96 Å². The second-order valence-corrected chi connectivity index (χ2v) is 5.56. The maximum absolute atomic E-state index is 5.96. The lowest BCUT2D eigenvalue weighted by molar-refractivity contribution is 0.415. The molecule has 2 rings (SSSR count). The first-order valence-corrected chi connectivity index (χ1v) is 7.47. The minimum Gasteiger partial charge on any atom is -0.497 e. The molecule has 0 atom stereocenters. The van der Waals surface area contributed by atoms with Crippen LogP contribution in [0.25, 0.3) is 0 Å². The van der Waals surface area contributed by atoms with Gasteiger partial charge >= 0.3 is 0 Å². The van der Waals surface area contributed by atoms with Crippen LogP contribution in [0.3, 0.4) is 0 Å². The Bertz CT molecular complexity index is 695. The van der Waals surface area contributed by atoms with Crippen molar-refractivity contribution in [1.29, 1.82) is 0 Å². The first-order valence-electron chi connectivity index (χ1n) is 7.47. The van der Waals surface area contributed by atoms with Crippen LogP contribution in [-0.2, 0) is 6.54 Å². The number of aliphatic imine (C=N–C) groups is 1. The second kappa shape index (κ2) is 7.54. The summed E-state index contributed by atoms with van der Waals surface area (Å²) < 4.78 is 5.19. The molecule has 5 nitrogen and oxygen atoms in total. The predicted molar refractivity (Wildman–Crippen MR) is 97.4 cm³/mol. The van der Waals surface area contributed by atoms with Crippen LogP contribution in [0.5, 0.6) is 5.75 Å². The third-order valence-electron chi connectivity index (χ3n) is 3.60. The zero-order valence-electron chi connectivity index (χ0n) is 14.1. The molecule has 23 heavy (non-hydrogen) atoms. The van der Waals surface area contributed by atoms with Gasteiger partial charge in [0.05, 0.1) is 13.7 Å². The summed E-state index contributed by atoms with van der Waals surface area (Å²) in [5.74, 6) is 1.16. The van der Waals surface area contributed by atoms with Crippen molar-refractivity contribution < 1.29 is 4.74 Å². The van der Waals surface area contributed by atoms with Gasteiger partial charge in [-0.05, 0) is 42.3 Å². The fourth-order valence-electron chi connectivity index (χ4n) is 2.19. The van der Waals surface area contributed by atoms with Crippen LogP contribution in [-0.4, -0.2) is 27.2 Å². The highest BCUT2D eigenvalue weighted by Gasteiger charge is 2.02. The lowest BCUT2D eigenvalue weighted by Gasteiger charge is -2.14. The van der Waals surface area contributed by atoms with Gasteiger partial charge in [-0.2, -0.15) is 0 Å². The van der Waals surface area contributed by atoms with Crippen molar-refractivity contribution in [2.45, 2.75) is 13.5 Å². The number of rotatable bonds is 5. The number of nitrogens with two attached hydrogens (primary N) is 1. The fraction of sp³-hybridized carbons (Fsp3) is 0.278. The highest BCUT2D eigenvalue weighted by atomic mass is 16.5. The smallest absolute Gasteiger partial charge is 0.193 e. The largest absolute Gasteiger partial charge is 0.497 e. The second-order valence-electron chi connectivity index (χ2n) is 5.56. The van der Waals surface area contributed by atoms with Gasteiger partial charge in [0.1, 0.15) is 5.75 Å². The summed E-state index contributed by atoms with van der Waals surface area (Å²) >= 11 is 0. The average Bonchev–Trinajstić information content (AvgIpc) is 2.53. The zero-order chi connectivity index (χ0) is 16.8.